The number of aromatic nitrogens is 2. The van der Waals surface area contributed by atoms with Gasteiger partial charge in [-0.3, -0.25) is 14.8 Å². The summed E-state index contributed by atoms with van der Waals surface area (Å²) in [7, 11) is 0. The zero-order chi connectivity index (χ0) is 12.4. The molecule has 6 heteroatoms. The highest BCUT2D eigenvalue weighted by atomic mass is 19.1. The molecule has 0 saturated heterocycles. The van der Waals surface area contributed by atoms with Crippen LogP contribution in [0.15, 0.2) is 30.6 Å². The summed E-state index contributed by atoms with van der Waals surface area (Å²) in [6.07, 6.45) is 3.15. The molecule has 0 bridgehead atoms. The Kier molecular flexibility index (Phi) is 2.86. The van der Waals surface area contributed by atoms with Crippen LogP contribution in [0.5, 0.6) is 0 Å². The molecule has 0 saturated carbocycles. The Balaban J connectivity index is 2.56. The second kappa shape index (κ2) is 4.32. The Labute approximate surface area is 96.6 Å². The smallest absolute Gasteiger partial charge is 0.272 e. The van der Waals surface area contributed by atoms with Crippen molar-refractivity contribution in [3.8, 4) is 11.1 Å². The van der Waals surface area contributed by atoms with Crippen LogP contribution in [0.3, 0.4) is 0 Å². The molecule has 0 N–H and O–H groups in total. The van der Waals surface area contributed by atoms with E-state index in [0.29, 0.717) is 12.1 Å². The van der Waals surface area contributed by atoms with Gasteiger partial charge in [0.2, 0.25) is 0 Å². The molecular formula is C11H10FN3O2. The molecule has 0 spiro atoms. The summed E-state index contributed by atoms with van der Waals surface area (Å²) in [6.45, 7) is 2.56. The van der Waals surface area contributed by atoms with Gasteiger partial charge in [0.05, 0.1) is 16.7 Å². The molecule has 1 aromatic heterocycles. The van der Waals surface area contributed by atoms with Gasteiger partial charge in [-0.15, -0.1) is 0 Å². The van der Waals surface area contributed by atoms with Gasteiger partial charge in [-0.05, 0) is 19.1 Å². The monoisotopic (exact) mass is 235 g/mol. The van der Waals surface area contributed by atoms with E-state index in [1.165, 1.54) is 6.20 Å². The minimum Gasteiger partial charge on any atom is -0.272 e. The highest BCUT2D eigenvalue weighted by Crippen LogP contribution is 2.29. The van der Waals surface area contributed by atoms with E-state index in [9.17, 15) is 14.5 Å². The van der Waals surface area contributed by atoms with E-state index in [1.54, 1.807) is 10.9 Å². The third-order valence-corrected chi connectivity index (χ3v) is 2.42. The Morgan fingerprint density at radius 2 is 2.29 bits per heavy atom. The summed E-state index contributed by atoms with van der Waals surface area (Å²) >= 11 is 0. The van der Waals surface area contributed by atoms with Crippen molar-refractivity contribution in [2.75, 3.05) is 0 Å². The molecule has 0 aliphatic heterocycles. The van der Waals surface area contributed by atoms with E-state index in [4.69, 9.17) is 0 Å². The SMILES string of the molecule is CCn1cc(-c2cc(F)ccc2[N+](=O)[O-])cn1. The van der Waals surface area contributed by atoms with Crippen molar-refractivity contribution in [2.24, 2.45) is 0 Å². The van der Waals surface area contributed by atoms with Gasteiger partial charge in [0, 0.05) is 24.4 Å². The van der Waals surface area contributed by atoms with E-state index in [0.717, 1.165) is 18.2 Å². The lowest BCUT2D eigenvalue weighted by molar-refractivity contribution is -0.384. The molecule has 2 aromatic rings. The number of nitro groups is 1. The molecule has 0 aliphatic carbocycles. The summed E-state index contributed by atoms with van der Waals surface area (Å²) < 4.78 is 14.8. The molecular weight excluding hydrogens is 225 g/mol. The summed E-state index contributed by atoms with van der Waals surface area (Å²) in [5.41, 5.74) is 0.662. The summed E-state index contributed by atoms with van der Waals surface area (Å²) in [6, 6.07) is 3.38. The van der Waals surface area contributed by atoms with Crippen LogP contribution in [0, 0.1) is 15.9 Å². The number of nitrogens with zero attached hydrogens (tertiary/aromatic N) is 3. The van der Waals surface area contributed by atoms with Crippen molar-refractivity contribution in [1.82, 2.24) is 9.78 Å². The van der Waals surface area contributed by atoms with Gasteiger partial charge in [0.25, 0.3) is 5.69 Å². The second-order valence-corrected chi connectivity index (χ2v) is 3.50. The van der Waals surface area contributed by atoms with Crippen molar-refractivity contribution in [3.05, 3.63) is 46.5 Å². The van der Waals surface area contributed by atoms with E-state index in [-0.39, 0.29) is 11.3 Å². The number of hydrogen-bond donors (Lipinski definition) is 0. The second-order valence-electron chi connectivity index (χ2n) is 3.50. The van der Waals surface area contributed by atoms with Crippen molar-refractivity contribution in [1.29, 1.82) is 0 Å². The van der Waals surface area contributed by atoms with Crippen molar-refractivity contribution in [3.63, 3.8) is 0 Å². The molecule has 2 rings (SSSR count). The lowest BCUT2D eigenvalue weighted by Gasteiger charge is -2.00. The Morgan fingerprint density at radius 3 is 2.88 bits per heavy atom. The van der Waals surface area contributed by atoms with Gasteiger partial charge in [0.15, 0.2) is 0 Å². The summed E-state index contributed by atoms with van der Waals surface area (Å²) in [4.78, 5) is 10.3. The first-order valence-electron chi connectivity index (χ1n) is 5.08. The van der Waals surface area contributed by atoms with Crippen LogP contribution in [0.25, 0.3) is 11.1 Å². The fourth-order valence-corrected chi connectivity index (χ4v) is 1.57. The van der Waals surface area contributed by atoms with Crippen LogP contribution in [0.4, 0.5) is 10.1 Å². The van der Waals surface area contributed by atoms with Crippen LogP contribution in [0.2, 0.25) is 0 Å². The number of rotatable bonds is 3. The summed E-state index contributed by atoms with van der Waals surface area (Å²) in [5.74, 6) is -0.505. The number of benzene rings is 1. The molecule has 0 fully saturated rings. The number of aryl methyl sites for hydroxylation is 1. The van der Waals surface area contributed by atoms with E-state index < -0.39 is 10.7 Å². The number of nitro benzene ring substituents is 1. The average molecular weight is 235 g/mol. The maximum Gasteiger partial charge on any atom is 0.277 e. The van der Waals surface area contributed by atoms with Gasteiger partial charge in [-0.1, -0.05) is 0 Å². The number of halogens is 1. The zero-order valence-corrected chi connectivity index (χ0v) is 9.13. The molecule has 1 aromatic carbocycles. The van der Waals surface area contributed by atoms with Gasteiger partial charge >= 0.3 is 0 Å². The molecule has 1 heterocycles. The first-order chi connectivity index (χ1) is 8.11. The number of hydrogen-bond acceptors (Lipinski definition) is 3. The highest BCUT2D eigenvalue weighted by molar-refractivity contribution is 5.72. The maximum atomic E-state index is 13.1. The standard InChI is InChI=1S/C11H10FN3O2/c1-2-14-7-8(6-13-14)10-5-9(12)3-4-11(10)15(16)17/h3-7H,2H2,1H3. The fraction of sp³-hybridized carbons (Fsp3) is 0.182. The van der Waals surface area contributed by atoms with Gasteiger partial charge < -0.3 is 0 Å². The predicted octanol–water partition coefficient (Wildman–Crippen LogP) is 2.62. The fourth-order valence-electron chi connectivity index (χ4n) is 1.57. The van der Waals surface area contributed by atoms with E-state index in [1.807, 2.05) is 6.92 Å². The molecule has 5 nitrogen and oxygen atoms in total. The quantitative estimate of drug-likeness (QED) is 0.606. The molecule has 0 radical (unpaired) electrons. The average Bonchev–Trinajstić information content (AvgIpc) is 2.76. The van der Waals surface area contributed by atoms with Crippen molar-refractivity contribution in [2.45, 2.75) is 13.5 Å². The van der Waals surface area contributed by atoms with E-state index >= 15 is 0 Å². The molecule has 0 amide bonds. The van der Waals surface area contributed by atoms with Crippen LogP contribution < -0.4 is 0 Å². The van der Waals surface area contributed by atoms with Crippen molar-refractivity contribution < 1.29 is 9.31 Å². The van der Waals surface area contributed by atoms with Gasteiger partial charge in [-0.2, -0.15) is 5.10 Å². The maximum absolute atomic E-state index is 13.1. The van der Waals surface area contributed by atoms with Gasteiger partial charge in [-0.25, -0.2) is 4.39 Å². The van der Waals surface area contributed by atoms with Crippen LogP contribution in [0.1, 0.15) is 6.92 Å². The third-order valence-electron chi connectivity index (χ3n) is 2.42. The lowest BCUT2D eigenvalue weighted by atomic mass is 10.1. The van der Waals surface area contributed by atoms with Crippen LogP contribution >= 0.6 is 0 Å². The van der Waals surface area contributed by atoms with Crippen LogP contribution in [-0.4, -0.2) is 14.7 Å². The third kappa shape index (κ3) is 2.15. The predicted molar refractivity (Wildman–Crippen MR) is 59.9 cm³/mol. The normalized spacial score (nSPS) is 10.5. The highest BCUT2D eigenvalue weighted by Gasteiger charge is 2.17. The minimum absolute atomic E-state index is 0.123. The first-order valence-corrected chi connectivity index (χ1v) is 5.08. The topological polar surface area (TPSA) is 61.0 Å². The summed E-state index contributed by atoms with van der Waals surface area (Å²) in [5, 5.41) is 14.9. The molecule has 88 valence electrons. The van der Waals surface area contributed by atoms with E-state index in [2.05, 4.69) is 5.10 Å². The molecule has 0 aliphatic rings. The Bertz CT molecular complexity index is 566. The largest absolute Gasteiger partial charge is 0.277 e. The molecule has 0 atom stereocenters. The zero-order valence-electron chi connectivity index (χ0n) is 9.13. The van der Waals surface area contributed by atoms with Gasteiger partial charge in [0.1, 0.15) is 5.82 Å². The lowest BCUT2D eigenvalue weighted by Crippen LogP contribution is -1.93. The van der Waals surface area contributed by atoms with Crippen LogP contribution in [-0.2, 0) is 6.54 Å². The Hall–Kier alpha value is -2.24. The molecule has 17 heavy (non-hydrogen) atoms. The Morgan fingerprint density at radius 1 is 1.53 bits per heavy atom. The first kappa shape index (κ1) is 11.3. The van der Waals surface area contributed by atoms with Crippen molar-refractivity contribution >= 4 is 5.69 Å². The minimum atomic E-state index is -0.530. The molecule has 0 unspecified atom stereocenters.